The second-order valence-corrected chi connectivity index (χ2v) is 17.9. The Morgan fingerprint density at radius 2 is 0.696 bits per heavy atom. The van der Waals surface area contributed by atoms with E-state index in [1.807, 2.05) is 36.4 Å². The number of hydrogen-bond acceptors (Lipinski definition) is 3. The highest BCUT2D eigenvalue weighted by molar-refractivity contribution is 6.29. The monoisotopic (exact) mass is 879 g/mol. The Kier molecular flexibility index (Phi) is 8.89. The largest absolute Gasteiger partial charge is 0.309 e. The van der Waals surface area contributed by atoms with E-state index in [0.29, 0.717) is 17.6 Å². The second-order valence-electron chi connectivity index (χ2n) is 17.9. The molecule has 69 heavy (non-hydrogen) atoms. The Balaban J connectivity index is 1.05. The first-order chi connectivity index (χ1) is 34.2. The van der Waals surface area contributed by atoms with Crippen LogP contribution in [0.2, 0.25) is 0 Å². The summed E-state index contributed by atoms with van der Waals surface area (Å²) in [6.45, 7) is 0. The lowest BCUT2D eigenvalue weighted by atomic mass is 9.90. The van der Waals surface area contributed by atoms with Crippen molar-refractivity contribution in [1.82, 2.24) is 24.1 Å². The molecule has 3 heterocycles. The van der Waals surface area contributed by atoms with E-state index in [9.17, 15) is 0 Å². The van der Waals surface area contributed by atoms with E-state index in [1.54, 1.807) is 0 Å². The normalized spacial score (nSPS) is 12.0. The van der Waals surface area contributed by atoms with Crippen LogP contribution in [0, 0.1) is 0 Å². The molecular weight excluding hydrogens is 839 g/mol. The quantitative estimate of drug-likeness (QED) is 0.160. The van der Waals surface area contributed by atoms with Gasteiger partial charge in [-0.25, -0.2) is 4.98 Å². The molecule has 0 fully saturated rings. The average Bonchev–Trinajstić information content (AvgIpc) is 4.09. The van der Waals surface area contributed by atoms with Crippen LogP contribution in [0.15, 0.2) is 237 Å². The lowest BCUT2D eigenvalue weighted by molar-refractivity contribution is 0.953. The first-order valence-corrected chi connectivity index (χ1v) is 23.6. The maximum absolute atomic E-state index is 5.25. The third-order valence-electron chi connectivity index (χ3n) is 14.0. The van der Waals surface area contributed by atoms with Crippen LogP contribution in [0.25, 0.3) is 123 Å². The minimum Gasteiger partial charge on any atom is -0.309 e. The van der Waals surface area contributed by atoms with Gasteiger partial charge in [-0.1, -0.05) is 188 Å². The van der Waals surface area contributed by atoms with Gasteiger partial charge < -0.3 is 4.57 Å². The number of hydrogen-bond donors (Lipinski definition) is 0. The molecule has 0 unspecified atom stereocenters. The highest BCUT2D eigenvalue weighted by Gasteiger charge is 2.30. The Morgan fingerprint density at radius 1 is 0.290 bits per heavy atom. The van der Waals surface area contributed by atoms with Gasteiger partial charge in [-0.15, -0.1) is 0 Å². The zero-order valence-electron chi connectivity index (χ0n) is 37.5. The molecule has 0 aliphatic heterocycles. The molecule has 0 saturated carbocycles. The van der Waals surface area contributed by atoms with Crippen LogP contribution in [-0.4, -0.2) is 24.1 Å². The summed E-state index contributed by atoms with van der Waals surface area (Å²) in [6.07, 6.45) is 0.802. The van der Waals surface area contributed by atoms with Crippen molar-refractivity contribution in [2.75, 3.05) is 0 Å². The van der Waals surface area contributed by atoms with E-state index >= 15 is 0 Å². The Morgan fingerprint density at radius 3 is 1.23 bits per heavy atom. The second kappa shape index (κ2) is 15.7. The summed E-state index contributed by atoms with van der Waals surface area (Å²) in [5.74, 6) is 1.83. The molecule has 14 rings (SSSR count). The molecular formula is C64H41N5. The summed E-state index contributed by atoms with van der Waals surface area (Å²) in [7, 11) is 0. The summed E-state index contributed by atoms with van der Waals surface area (Å²) in [6, 6.07) is 84.9. The fraction of sp³-hybridized carbons (Fsp3) is 0.0156. The van der Waals surface area contributed by atoms with Gasteiger partial charge >= 0.3 is 0 Å². The molecule has 322 valence electrons. The molecule has 0 saturated heterocycles. The number of aromatic nitrogens is 5. The van der Waals surface area contributed by atoms with E-state index in [-0.39, 0.29) is 0 Å². The molecule has 0 radical (unpaired) electrons. The maximum Gasteiger partial charge on any atom is 0.238 e. The van der Waals surface area contributed by atoms with Crippen LogP contribution >= 0.6 is 0 Å². The fourth-order valence-corrected chi connectivity index (χ4v) is 10.9. The number of para-hydroxylation sites is 2. The smallest absolute Gasteiger partial charge is 0.238 e. The summed E-state index contributed by atoms with van der Waals surface area (Å²) < 4.78 is 4.77. The van der Waals surface area contributed by atoms with Gasteiger partial charge in [-0.2, -0.15) is 9.97 Å². The lowest BCUT2D eigenvalue weighted by Gasteiger charge is -2.16. The highest BCUT2D eigenvalue weighted by Crippen LogP contribution is 2.50. The van der Waals surface area contributed by atoms with Crippen molar-refractivity contribution >= 4 is 43.6 Å². The maximum atomic E-state index is 5.25. The number of benzene rings is 10. The molecule has 10 aromatic carbocycles. The molecule has 1 aliphatic rings. The van der Waals surface area contributed by atoms with Crippen LogP contribution in [0.5, 0.6) is 0 Å². The van der Waals surface area contributed by atoms with Crippen molar-refractivity contribution in [2.45, 2.75) is 6.42 Å². The van der Waals surface area contributed by atoms with Crippen molar-refractivity contribution in [3.63, 3.8) is 0 Å². The van der Waals surface area contributed by atoms with E-state index in [4.69, 9.17) is 15.0 Å². The number of nitrogens with zero attached hydrogens (tertiary/aromatic N) is 5. The Labute approximate surface area is 398 Å². The molecule has 0 atom stereocenters. The summed E-state index contributed by atoms with van der Waals surface area (Å²) in [5.41, 5.74) is 20.0. The van der Waals surface area contributed by atoms with Gasteiger partial charge in [0.2, 0.25) is 5.95 Å². The van der Waals surface area contributed by atoms with Gasteiger partial charge in [0.25, 0.3) is 0 Å². The van der Waals surface area contributed by atoms with Gasteiger partial charge in [0.05, 0.1) is 27.8 Å². The zero-order valence-corrected chi connectivity index (χ0v) is 37.5. The predicted octanol–water partition coefficient (Wildman–Crippen LogP) is 16.0. The van der Waals surface area contributed by atoms with Crippen molar-refractivity contribution < 1.29 is 0 Å². The average molecular weight is 880 g/mol. The molecule has 0 N–H and O–H groups in total. The number of fused-ring (bicyclic) bond motifs is 10. The molecule has 0 spiro atoms. The highest BCUT2D eigenvalue weighted by atomic mass is 15.2. The fourth-order valence-electron chi connectivity index (χ4n) is 10.9. The molecule has 0 bridgehead atoms. The zero-order chi connectivity index (χ0) is 45.4. The van der Waals surface area contributed by atoms with E-state index in [2.05, 4.69) is 209 Å². The molecule has 5 nitrogen and oxygen atoms in total. The van der Waals surface area contributed by atoms with E-state index in [1.165, 1.54) is 77.5 Å². The van der Waals surface area contributed by atoms with Crippen LogP contribution in [-0.2, 0) is 6.42 Å². The Hall–Kier alpha value is -9.19. The van der Waals surface area contributed by atoms with Gasteiger partial charge in [-0.05, 0) is 104 Å². The minimum absolute atomic E-state index is 0.576. The van der Waals surface area contributed by atoms with E-state index < -0.39 is 0 Å². The van der Waals surface area contributed by atoms with Crippen LogP contribution < -0.4 is 0 Å². The van der Waals surface area contributed by atoms with Crippen molar-refractivity contribution in [3.05, 3.63) is 248 Å². The van der Waals surface area contributed by atoms with Crippen LogP contribution in [0.3, 0.4) is 0 Å². The van der Waals surface area contributed by atoms with Gasteiger partial charge in [-0.3, -0.25) is 4.57 Å². The lowest BCUT2D eigenvalue weighted by Crippen LogP contribution is -2.06. The standard InChI is InChI=1S/C64H41N5/c1-6-20-41(21-7-1)46-36-50(43-24-10-3-11-25-43)53-40-54-52(51(53)37-46)38-47(42-22-8-2-9-23-42)39-59(54)68-55-32-18-16-30-48(55)60-57(68)34-35-58-61(60)49-31-17-19-33-56(49)69(58)64-66-62(44-26-12-4-13-27-44)65-63(67-64)45-28-14-5-15-29-45/h1-39H,40H2. The molecule has 5 heteroatoms. The van der Waals surface area contributed by atoms with Gasteiger partial charge in [0.1, 0.15) is 0 Å². The summed E-state index contributed by atoms with van der Waals surface area (Å²) >= 11 is 0. The molecule has 13 aromatic rings. The van der Waals surface area contributed by atoms with Gasteiger partial charge in [0.15, 0.2) is 11.6 Å². The van der Waals surface area contributed by atoms with Gasteiger partial charge in [0, 0.05) is 39.1 Å². The van der Waals surface area contributed by atoms with Crippen molar-refractivity contribution in [1.29, 1.82) is 0 Å². The van der Waals surface area contributed by atoms with Crippen molar-refractivity contribution in [2.24, 2.45) is 0 Å². The first kappa shape index (κ1) is 39.0. The molecule has 1 aliphatic carbocycles. The van der Waals surface area contributed by atoms with Crippen molar-refractivity contribution in [3.8, 4) is 78.9 Å². The third kappa shape index (κ3) is 6.28. The van der Waals surface area contributed by atoms with Crippen LogP contribution in [0.4, 0.5) is 0 Å². The molecule has 3 aromatic heterocycles. The minimum atomic E-state index is 0.576. The Bertz CT molecular complexity index is 4060. The van der Waals surface area contributed by atoms with Crippen LogP contribution in [0.1, 0.15) is 11.1 Å². The first-order valence-electron chi connectivity index (χ1n) is 23.6. The summed E-state index contributed by atoms with van der Waals surface area (Å²) in [4.78, 5) is 15.6. The van der Waals surface area contributed by atoms with E-state index in [0.717, 1.165) is 45.0 Å². The predicted molar refractivity (Wildman–Crippen MR) is 284 cm³/mol. The number of rotatable bonds is 7. The molecule has 0 amide bonds. The summed E-state index contributed by atoms with van der Waals surface area (Å²) in [5, 5.41) is 4.70. The SMILES string of the molecule is c1ccc(-c2cc(-c3ccccc3)c3c(c2)-c2cc(-c4ccccc4)cc(-n4c5ccccc5c5c6c7ccccc7n(-c7nc(-c8ccccc8)nc(-c8ccccc8)n7)c6ccc54)c2C3)cc1. The third-order valence-corrected chi connectivity index (χ3v) is 14.0. The topological polar surface area (TPSA) is 48.5 Å².